The standard InChI is InChI=1S/C22H28N6O/c1-15(2)25-22-27-20(23-13-17-7-5-16(3)6-8-17)26-21(28-22)24-14-18-9-11-19(29-4)12-10-18/h5-12,15H,13-14H2,1-4H3,(H3,23,24,25,26,27,28). The van der Waals surface area contributed by atoms with Crippen molar-refractivity contribution in [3.63, 3.8) is 0 Å². The Balaban J connectivity index is 1.70. The minimum Gasteiger partial charge on any atom is -0.497 e. The van der Waals surface area contributed by atoms with Crippen LogP contribution in [-0.4, -0.2) is 28.1 Å². The van der Waals surface area contributed by atoms with Crippen LogP contribution in [0.3, 0.4) is 0 Å². The Hall–Kier alpha value is -3.35. The van der Waals surface area contributed by atoms with E-state index in [1.807, 2.05) is 38.1 Å². The number of nitrogens with one attached hydrogen (secondary N) is 3. The fourth-order valence-corrected chi connectivity index (χ4v) is 2.67. The van der Waals surface area contributed by atoms with Gasteiger partial charge in [-0.25, -0.2) is 0 Å². The van der Waals surface area contributed by atoms with Gasteiger partial charge in [-0.15, -0.1) is 0 Å². The van der Waals surface area contributed by atoms with Crippen LogP contribution in [0.4, 0.5) is 17.8 Å². The van der Waals surface area contributed by atoms with E-state index in [2.05, 4.69) is 62.1 Å². The van der Waals surface area contributed by atoms with Gasteiger partial charge < -0.3 is 20.7 Å². The lowest BCUT2D eigenvalue weighted by Gasteiger charge is -2.13. The molecule has 3 aromatic rings. The van der Waals surface area contributed by atoms with Gasteiger partial charge in [0.2, 0.25) is 17.8 Å². The molecule has 1 aromatic heterocycles. The van der Waals surface area contributed by atoms with E-state index in [0.29, 0.717) is 30.9 Å². The van der Waals surface area contributed by atoms with Gasteiger partial charge >= 0.3 is 0 Å². The Morgan fingerprint density at radius 3 is 1.72 bits per heavy atom. The number of benzene rings is 2. The Labute approximate surface area is 172 Å². The largest absolute Gasteiger partial charge is 0.497 e. The monoisotopic (exact) mass is 392 g/mol. The smallest absolute Gasteiger partial charge is 0.229 e. The summed E-state index contributed by atoms with van der Waals surface area (Å²) in [4.78, 5) is 13.5. The zero-order valence-corrected chi connectivity index (χ0v) is 17.4. The summed E-state index contributed by atoms with van der Waals surface area (Å²) in [5.74, 6) is 2.42. The molecular weight excluding hydrogens is 364 g/mol. The second kappa shape index (κ2) is 9.73. The van der Waals surface area contributed by atoms with Crippen LogP contribution < -0.4 is 20.7 Å². The summed E-state index contributed by atoms with van der Waals surface area (Å²) in [6.45, 7) is 7.42. The van der Waals surface area contributed by atoms with Gasteiger partial charge in [0.15, 0.2) is 0 Å². The molecule has 3 N–H and O–H groups in total. The van der Waals surface area contributed by atoms with Crippen molar-refractivity contribution in [1.29, 1.82) is 0 Å². The first-order valence-electron chi connectivity index (χ1n) is 9.70. The molecule has 1 heterocycles. The fraction of sp³-hybridized carbons (Fsp3) is 0.318. The number of hydrogen-bond donors (Lipinski definition) is 3. The minimum atomic E-state index is 0.219. The van der Waals surface area contributed by atoms with Crippen LogP contribution in [0.2, 0.25) is 0 Å². The molecule has 7 heteroatoms. The van der Waals surface area contributed by atoms with Crippen molar-refractivity contribution in [3.05, 3.63) is 65.2 Å². The molecule has 3 rings (SSSR count). The highest BCUT2D eigenvalue weighted by atomic mass is 16.5. The maximum Gasteiger partial charge on any atom is 0.229 e. The molecule has 7 nitrogen and oxygen atoms in total. The van der Waals surface area contributed by atoms with E-state index < -0.39 is 0 Å². The molecule has 0 radical (unpaired) electrons. The first-order chi connectivity index (χ1) is 14.0. The van der Waals surface area contributed by atoms with Gasteiger partial charge in [0.1, 0.15) is 5.75 Å². The summed E-state index contributed by atoms with van der Waals surface area (Å²) in [6.07, 6.45) is 0. The number of hydrogen-bond acceptors (Lipinski definition) is 7. The van der Waals surface area contributed by atoms with Crippen LogP contribution in [-0.2, 0) is 13.1 Å². The van der Waals surface area contributed by atoms with Crippen LogP contribution in [0.5, 0.6) is 5.75 Å². The molecule has 29 heavy (non-hydrogen) atoms. The number of aromatic nitrogens is 3. The summed E-state index contributed by atoms with van der Waals surface area (Å²) in [7, 11) is 1.66. The van der Waals surface area contributed by atoms with E-state index in [-0.39, 0.29) is 6.04 Å². The van der Waals surface area contributed by atoms with Crippen molar-refractivity contribution < 1.29 is 4.74 Å². The molecule has 0 aliphatic heterocycles. The second-order valence-corrected chi connectivity index (χ2v) is 7.15. The van der Waals surface area contributed by atoms with E-state index >= 15 is 0 Å². The summed E-state index contributed by atoms with van der Waals surface area (Å²) < 4.78 is 5.20. The first kappa shape index (κ1) is 20.4. The normalized spacial score (nSPS) is 10.7. The molecule has 2 aromatic carbocycles. The average molecular weight is 393 g/mol. The highest BCUT2D eigenvalue weighted by Crippen LogP contribution is 2.15. The third kappa shape index (κ3) is 6.34. The number of nitrogens with zero attached hydrogens (tertiary/aromatic N) is 3. The molecule has 0 unspecified atom stereocenters. The average Bonchev–Trinajstić information content (AvgIpc) is 2.71. The molecule has 0 spiro atoms. The van der Waals surface area contributed by atoms with Crippen LogP contribution in [0.15, 0.2) is 48.5 Å². The lowest BCUT2D eigenvalue weighted by molar-refractivity contribution is 0.414. The lowest BCUT2D eigenvalue weighted by Crippen LogP contribution is -2.16. The van der Waals surface area contributed by atoms with Crippen molar-refractivity contribution in [3.8, 4) is 5.75 Å². The molecule has 0 saturated heterocycles. The Kier molecular flexibility index (Phi) is 6.84. The molecule has 0 saturated carbocycles. The highest BCUT2D eigenvalue weighted by molar-refractivity contribution is 5.43. The zero-order chi connectivity index (χ0) is 20.6. The van der Waals surface area contributed by atoms with E-state index in [1.54, 1.807) is 7.11 Å². The van der Waals surface area contributed by atoms with Gasteiger partial charge in [-0.05, 0) is 44.0 Å². The van der Waals surface area contributed by atoms with Gasteiger partial charge in [0.05, 0.1) is 7.11 Å². The van der Waals surface area contributed by atoms with Crippen LogP contribution in [0, 0.1) is 6.92 Å². The van der Waals surface area contributed by atoms with Crippen molar-refractivity contribution in [2.24, 2.45) is 0 Å². The number of anilines is 3. The molecule has 0 amide bonds. The first-order valence-corrected chi connectivity index (χ1v) is 9.70. The maximum atomic E-state index is 5.20. The van der Waals surface area contributed by atoms with E-state index in [0.717, 1.165) is 11.3 Å². The van der Waals surface area contributed by atoms with Crippen molar-refractivity contribution in [2.75, 3.05) is 23.1 Å². The maximum absolute atomic E-state index is 5.20. The molecule has 152 valence electrons. The summed E-state index contributed by atoms with van der Waals surface area (Å²) in [5, 5.41) is 9.81. The van der Waals surface area contributed by atoms with E-state index in [1.165, 1.54) is 11.1 Å². The third-order valence-electron chi connectivity index (χ3n) is 4.23. The van der Waals surface area contributed by atoms with Gasteiger partial charge in [-0.3, -0.25) is 0 Å². The Morgan fingerprint density at radius 2 is 1.24 bits per heavy atom. The third-order valence-corrected chi connectivity index (χ3v) is 4.23. The van der Waals surface area contributed by atoms with Gasteiger partial charge in [0, 0.05) is 19.1 Å². The zero-order valence-electron chi connectivity index (χ0n) is 17.4. The predicted molar refractivity (Wildman–Crippen MR) is 117 cm³/mol. The number of rotatable bonds is 9. The number of aryl methyl sites for hydroxylation is 1. The summed E-state index contributed by atoms with van der Waals surface area (Å²) >= 11 is 0. The van der Waals surface area contributed by atoms with Crippen molar-refractivity contribution >= 4 is 17.8 Å². The quantitative estimate of drug-likeness (QED) is 0.502. The SMILES string of the molecule is COc1ccc(CNc2nc(NCc3ccc(C)cc3)nc(NC(C)C)n2)cc1. The Morgan fingerprint density at radius 1 is 0.759 bits per heavy atom. The van der Waals surface area contributed by atoms with Gasteiger partial charge in [-0.1, -0.05) is 42.0 Å². The van der Waals surface area contributed by atoms with Gasteiger partial charge in [-0.2, -0.15) is 15.0 Å². The van der Waals surface area contributed by atoms with Crippen LogP contribution in [0.25, 0.3) is 0 Å². The number of methoxy groups -OCH3 is 1. The molecule has 0 fully saturated rings. The van der Waals surface area contributed by atoms with Crippen LogP contribution >= 0.6 is 0 Å². The van der Waals surface area contributed by atoms with Gasteiger partial charge in [0.25, 0.3) is 0 Å². The molecule has 0 bridgehead atoms. The predicted octanol–water partition coefficient (Wildman–Crippen LogP) is 4.23. The Bertz CT molecular complexity index is 910. The topological polar surface area (TPSA) is 84.0 Å². The fourth-order valence-electron chi connectivity index (χ4n) is 2.67. The summed E-state index contributed by atoms with van der Waals surface area (Å²) in [5.41, 5.74) is 3.52. The van der Waals surface area contributed by atoms with Crippen molar-refractivity contribution in [1.82, 2.24) is 15.0 Å². The van der Waals surface area contributed by atoms with E-state index in [4.69, 9.17) is 4.74 Å². The molecule has 0 atom stereocenters. The van der Waals surface area contributed by atoms with E-state index in [9.17, 15) is 0 Å². The second-order valence-electron chi connectivity index (χ2n) is 7.15. The molecule has 0 aliphatic rings. The summed E-state index contributed by atoms with van der Waals surface area (Å²) in [6, 6.07) is 16.5. The lowest BCUT2D eigenvalue weighted by atomic mass is 10.1. The van der Waals surface area contributed by atoms with Crippen LogP contribution in [0.1, 0.15) is 30.5 Å². The molecular formula is C22H28N6O. The minimum absolute atomic E-state index is 0.219. The highest BCUT2D eigenvalue weighted by Gasteiger charge is 2.08. The molecule has 0 aliphatic carbocycles. The number of ether oxygens (including phenoxy) is 1. The van der Waals surface area contributed by atoms with Crippen molar-refractivity contribution in [2.45, 2.75) is 39.9 Å².